The van der Waals surface area contributed by atoms with E-state index in [2.05, 4.69) is 21.0 Å². The van der Waals surface area contributed by atoms with Crippen LogP contribution >= 0.6 is 15.9 Å². The molecule has 2 N–H and O–H groups in total. The van der Waals surface area contributed by atoms with E-state index in [0.717, 1.165) is 4.47 Å². The Kier molecular flexibility index (Phi) is 2.63. The number of hydrogen-bond acceptors (Lipinski definition) is 3. The first-order valence-corrected chi connectivity index (χ1v) is 3.85. The van der Waals surface area contributed by atoms with Crippen molar-refractivity contribution in [3.8, 4) is 6.07 Å². The van der Waals surface area contributed by atoms with Crippen LogP contribution in [0.4, 0.5) is 0 Å². The molecular formula is C6H7BrN4. The molecule has 11 heavy (non-hydrogen) atoms. The second-order valence-corrected chi connectivity index (χ2v) is 3.03. The van der Waals surface area contributed by atoms with Crippen LogP contribution in [0.2, 0.25) is 0 Å². The smallest absolute Gasteiger partial charge is 0.113 e. The Balaban J connectivity index is 2.59. The lowest BCUT2D eigenvalue weighted by Gasteiger charge is -2.00. The van der Waals surface area contributed by atoms with Crippen LogP contribution < -0.4 is 5.73 Å². The van der Waals surface area contributed by atoms with E-state index in [1.165, 1.54) is 0 Å². The van der Waals surface area contributed by atoms with E-state index >= 15 is 0 Å². The molecule has 0 saturated carbocycles. The molecule has 1 atom stereocenters. The van der Waals surface area contributed by atoms with Gasteiger partial charge in [-0.15, -0.1) is 0 Å². The van der Waals surface area contributed by atoms with Crippen LogP contribution in [0, 0.1) is 11.3 Å². The zero-order chi connectivity index (χ0) is 8.27. The van der Waals surface area contributed by atoms with Gasteiger partial charge in [-0.05, 0) is 15.9 Å². The SMILES string of the molecule is N#CC(N)Cn1cc(Br)cn1. The molecule has 0 fully saturated rings. The van der Waals surface area contributed by atoms with Crippen LogP contribution in [-0.4, -0.2) is 15.8 Å². The van der Waals surface area contributed by atoms with Gasteiger partial charge in [-0.2, -0.15) is 10.4 Å². The predicted octanol–water partition coefficient (Wildman–Crippen LogP) is 0.496. The fourth-order valence-electron chi connectivity index (χ4n) is 0.681. The summed E-state index contributed by atoms with van der Waals surface area (Å²) in [6, 6.07) is 1.44. The monoisotopic (exact) mass is 214 g/mol. The maximum atomic E-state index is 8.38. The Morgan fingerprint density at radius 1 is 1.91 bits per heavy atom. The van der Waals surface area contributed by atoms with Gasteiger partial charge < -0.3 is 5.73 Å². The van der Waals surface area contributed by atoms with Crippen LogP contribution in [0.15, 0.2) is 16.9 Å². The molecule has 0 bridgehead atoms. The third-order valence-corrected chi connectivity index (χ3v) is 1.56. The van der Waals surface area contributed by atoms with Gasteiger partial charge in [0.2, 0.25) is 0 Å². The van der Waals surface area contributed by atoms with Gasteiger partial charge in [-0.3, -0.25) is 4.68 Å². The van der Waals surface area contributed by atoms with E-state index in [0.29, 0.717) is 6.54 Å². The minimum absolute atomic E-state index is 0.433. The minimum atomic E-state index is -0.484. The van der Waals surface area contributed by atoms with Gasteiger partial charge in [0.05, 0.1) is 23.3 Å². The first-order valence-electron chi connectivity index (χ1n) is 3.05. The molecule has 0 amide bonds. The van der Waals surface area contributed by atoms with Crippen LogP contribution in [0.25, 0.3) is 0 Å². The molecule has 1 aromatic rings. The lowest BCUT2D eigenvalue weighted by Crippen LogP contribution is -2.24. The second-order valence-electron chi connectivity index (χ2n) is 2.12. The molecule has 0 radical (unpaired) electrons. The summed E-state index contributed by atoms with van der Waals surface area (Å²) in [7, 11) is 0. The number of halogens is 1. The summed E-state index contributed by atoms with van der Waals surface area (Å²) in [6.07, 6.45) is 3.43. The van der Waals surface area contributed by atoms with Crippen molar-refractivity contribution in [3.63, 3.8) is 0 Å². The largest absolute Gasteiger partial charge is 0.314 e. The van der Waals surface area contributed by atoms with E-state index in [1.54, 1.807) is 17.1 Å². The fourth-order valence-corrected chi connectivity index (χ4v) is 1.01. The maximum absolute atomic E-state index is 8.38. The molecule has 5 heteroatoms. The van der Waals surface area contributed by atoms with E-state index in [9.17, 15) is 0 Å². The standard InChI is InChI=1S/C6H7BrN4/c7-5-2-10-11(3-5)4-6(9)1-8/h2-3,6H,4,9H2. The average Bonchev–Trinajstić information content (AvgIpc) is 2.35. The van der Waals surface area contributed by atoms with Gasteiger partial charge in [0.1, 0.15) is 6.04 Å². The van der Waals surface area contributed by atoms with Crippen molar-refractivity contribution in [1.82, 2.24) is 9.78 Å². The van der Waals surface area contributed by atoms with E-state index in [-0.39, 0.29) is 0 Å². The van der Waals surface area contributed by atoms with Crippen LogP contribution in [0.1, 0.15) is 0 Å². The van der Waals surface area contributed by atoms with Crippen molar-refractivity contribution in [2.45, 2.75) is 12.6 Å². The van der Waals surface area contributed by atoms with Crippen molar-refractivity contribution < 1.29 is 0 Å². The van der Waals surface area contributed by atoms with E-state index in [1.807, 2.05) is 6.07 Å². The van der Waals surface area contributed by atoms with Crippen molar-refractivity contribution in [3.05, 3.63) is 16.9 Å². The molecule has 0 aliphatic rings. The maximum Gasteiger partial charge on any atom is 0.113 e. The van der Waals surface area contributed by atoms with Crippen molar-refractivity contribution >= 4 is 15.9 Å². The molecule has 1 unspecified atom stereocenters. The highest BCUT2D eigenvalue weighted by atomic mass is 79.9. The zero-order valence-electron chi connectivity index (χ0n) is 5.74. The Hall–Kier alpha value is -0.860. The van der Waals surface area contributed by atoms with Gasteiger partial charge in [-0.1, -0.05) is 0 Å². The van der Waals surface area contributed by atoms with E-state index < -0.39 is 6.04 Å². The Labute approximate surface area is 72.7 Å². The first kappa shape index (κ1) is 8.24. The molecule has 1 rings (SSSR count). The third kappa shape index (κ3) is 2.33. The normalized spacial score (nSPS) is 12.5. The van der Waals surface area contributed by atoms with Gasteiger partial charge in [0.15, 0.2) is 0 Å². The predicted molar refractivity (Wildman–Crippen MR) is 43.5 cm³/mol. The molecule has 4 nitrogen and oxygen atoms in total. The third-order valence-electron chi connectivity index (χ3n) is 1.15. The molecule has 0 aliphatic heterocycles. The van der Waals surface area contributed by atoms with Crippen LogP contribution in [0.5, 0.6) is 0 Å². The Morgan fingerprint density at radius 2 is 2.64 bits per heavy atom. The Morgan fingerprint density at radius 3 is 3.09 bits per heavy atom. The molecule has 0 aliphatic carbocycles. The number of nitrogens with two attached hydrogens (primary N) is 1. The summed E-state index contributed by atoms with van der Waals surface area (Å²) in [5, 5.41) is 12.3. The molecule has 0 saturated heterocycles. The van der Waals surface area contributed by atoms with Gasteiger partial charge in [0, 0.05) is 6.20 Å². The average molecular weight is 215 g/mol. The highest BCUT2D eigenvalue weighted by molar-refractivity contribution is 9.10. The summed E-state index contributed by atoms with van der Waals surface area (Å²) in [4.78, 5) is 0. The summed E-state index contributed by atoms with van der Waals surface area (Å²) in [6.45, 7) is 0.433. The van der Waals surface area contributed by atoms with Crippen molar-refractivity contribution in [2.24, 2.45) is 5.73 Å². The Bertz CT molecular complexity index is 274. The number of hydrogen-bond donors (Lipinski definition) is 1. The van der Waals surface area contributed by atoms with Crippen LogP contribution in [0.3, 0.4) is 0 Å². The summed E-state index contributed by atoms with van der Waals surface area (Å²) in [5.41, 5.74) is 5.38. The molecule has 0 aromatic carbocycles. The van der Waals surface area contributed by atoms with Gasteiger partial charge in [0.25, 0.3) is 0 Å². The first-order chi connectivity index (χ1) is 5.22. The number of aromatic nitrogens is 2. The molecule has 58 valence electrons. The van der Waals surface area contributed by atoms with Crippen molar-refractivity contribution in [2.75, 3.05) is 0 Å². The van der Waals surface area contributed by atoms with Gasteiger partial charge in [-0.25, -0.2) is 0 Å². The highest BCUT2D eigenvalue weighted by Crippen LogP contribution is 2.05. The summed E-state index contributed by atoms with van der Waals surface area (Å²) < 4.78 is 2.51. The highest BCUT2D eigenvalue weighted by Gasteiger charge is 2.01. The lowest BCUT2D eigenvalue weighted by atomic mass is 10.3. The zero-order valence-corrected chi connectivity index (χ0v) is 7.32. The molecule has 1 heterocycles. The van der Waals surface area contributed by atoms with Crippen LogP contribution in [-0.2, 0) is 6.54 Å². The quantitative estimate of drug-likeness (QED) is 0.780. The minimum Gasteiger partial charge on any atom is -0.314 e. The molecule has 0 spiro atoms. The molecular weight excluding hydrogens is 208 g/mol. The number of nitrogens with zero attached hydrogens (tertiary/aromatic N) is 3. The number of rotatable bonds is 2. The fraction of sp³-hybridized carbons (Fsp3) is 0.333. The molecule has 1 aromatic heterocycles. The summed E-state index contributed by atoms with van der Waals surface area (Å²) in [5.74, 6) is 0. The van der Waals surface area contributed by atoms with Gasteiger partial charge >= 0.3 is 0 Å². The lowest BCUT2D eigenvalue weighted by molar-refractivity contribution is 0.574. The second kappa shape index (κ2) is 3.51. The topological polar surface area (TPSA) is 67.6 Å². The van der Waals surface area contributed by atoms with E-state index in [4.69, 9.17) is 11.0 Å². The van der Waals surface area contributed by atoms with Crippen molar-refractivity contribution in [1.29, 1.82) is 5.26 Å². The number of nitriles is 1. The summed E-state index contributed by atoms with van der Waals surface area (Å²) >= 11 is 3.24.